The Hall–Kier alpha value is -2.03. The standard InChI is InChI=1S/C25H31F5O3/c1-5-6-7-8-9-10-11-18(25(31-2,32-3)33-4)16-12-14-17(15-13-16)19-20(26)22(28)24(30)23(29)21(19)27/h12-15,18H,5-11H2,1-4H3. The molecule has 0 N–H and O–H groups in total. The fourth-order valence-corrected chi connectivity index (χ4v) is 4.09. The molecule has 0 bridgehead atoms. The minimum absolute atomic E-state index is 0.136. The van der Waals surface area contributed by atoms with E-state index in [0.717, 1.165) is 32.1 Å². The number of benzene rings is 2. The maximum atomic E-state index is 14.2. The molecule has 0 aliphatic heterocycles. The van der Waals surface area contributed by atoms with Gasteiger partial charge >= 0.3 is 0 Å². The molecule has 2 aromatic rings. The number of ether oxygens (including phenoxy) is 3. The highest BCUT2D eigenvalue weighted by atomic mass is 19.2. The van der Waals surface area contributed by atoms with Crippen LogP contribution in [0.15, 0.2) is 24.3 Å². The van der Waals surface area contributed by atoms with Crippen molar-refractivity contribution in [2.45, 2.75) is 63.8 Å². The van der Waals surface area contributed by atoms with E-state index in [2.05, 4.69) is 6.92 Å². The zero-order valence-electron chi connectivity index (χ0n) is 19.5. The monoisotopic (exact) mass is 474 g/mol. The molecule has 0 heterocycles. The van der Waals surface area contributed by atoms with Gasteiger partial charge in [-0.1, -0.05) is 69.7 Å². The second kappa shape index (κ2) is 12.4. The van der Waals surface area contributed by atoms with Gasteiger partial charge in [-0.2, -0.15) is 0 Å². The second-order valence-corrected chi connectivity index (χ2v) is 7.89. The summed E-state index contributed by atoms with van der Waals surface area (Å²) in [7, 11) is 4.35. The molecule has 0 saturated heterocycles. The molecule has 0 aromatic heterocycles. The lowest BCUT2D eigenvalue weighted by atomic mass is 9.89. The number of hydrogen-bond donors (Lipinski definition) is 0. The van der Waals surface area contributed by atoms with Gasteiger partial charge < -0.3 is 14.2 Å². The highest BCUT2D eigenvalue weighted by molar-refractivity contribution is 5.65. The summed E-state index contributed by atoms with van der Waals surface area (Å²) < 4.78 is 85.7. The van der Waals surface area contributed by atoms with Gasteiger partial charge in [0, 0.05) is 21.3 Å². The van der Waals surface area contributed by atoms with Gasteiger partial charge in [-0.15, -0.1) is 0 Å². The molecule has 33 heavy (non-hydrogen) atoms. The second-order valence-electron chi connectivity index (χ2n) is 7.89. The van der Waals surface area contributed by atoms with E-state index in [9.17, 15) is 22.0 Å². The molecule has 0 aliphatic carbocycles. The van der Waals surface area contributed by atoms with E-state index in [-0.39, 0.29) is 5.56 Å². The van der Waals surface area contributed by atoms with Gasteiger partial charge in [0.2, 0.25) is 5.82 Å². The fraction of sp³-hybridized carbons (Fsp3) is 0.520. The van der Waals surface area contributed by atoms with Crippen LogP contribution in [0.25, 0.3) is 11.1 Å². The molecular weight excluding hydrogens is 443 g/mol. The van der Waals surface area contributed by atoms with Crippen molar-refractivity contribution >= 4 is 0 Å². The van der Waals surface area contributed by atoms with Crippen LogP contribution < -0.4 is 0 Å². The highest BCUT2D eigenvalue weighted by Crippen LogP contribution is 2.39. The zero-order valence-corrected chi connectivity index (χ0v) is 19.5. The number of halogens is 5. The Morgan fingerprint density at radius 2 is 1.12 bits per heavy atom. The van der Waals surface area contributed by atoms with Gasteiger partial charge in [0.1, 0.15) is 0 Å². The summed E-state index contributed by atoms with van der Waals surface area (Å²) in [6, 6.07) is 5.74. The molecule has 3 nitrogen and oxygen atoms in total. The molecule has 0 spiro atoms. The summed E-state index contributed by atoms with van der Waals surface area (Å²) in [5.41, 5.74) is -0.425. The van der Waals surface area contributed by atoms with Gasteiger partial charge in [-0.25, -0.2) is 22.0 Å². The van der Waals surface area contributed by atoms with Gasteiger partial charge in [0.25, 0.3) is 5.97 Å². The third kappa shape index (κ3) is 5.91. The Bertz CT molecular complexity index is 861. The van der Waals surface area contributed by atoms with Crippen LogP contribution in [-0.4, -0.2) is 27.3 Å². The SMILES string of the molecule is CCCCCCCCC(c1ccc(-c2c(F)c(F)c(F)c(F)c2F)cc1)C(OC)(OC)OC. The molecule has 1 unspecified atom stereocenters. The average molecular weight is 475 g/mol. The molecule has 8 heteroatoms. The van der Waals surface area contributed by atoms with Crippen molar-refractivity contribution in [1.29, 1.82) is 0 Å². The van der Waals surface area contributed by atoms with Crippen molar-refractivity contribution in [1.82, 2.24) is 0 Å². The van der Waals surface area contributed by atoms with Gasteiger partial charge in [0.05, 0.1) is 11.5 Å². The zero-order chi connectivity index (χ0) is 24.6. The van der Waals surface area contributed by atoms with E-state index in [1.165, 1.54) is 39.9 Å². The lowest BCUT2D eigenvalue weighted by molar-refractivity contribution is -0.365. The first kappa shape index (κ1) is 27.2. The van der Waals surface area contributed by atoms with Crippen molar-refractivity contribution in [3.8, 4) is 11.1 Å². The van der Waals surface area contributed by atoms with Gasteiger partial charge in [-0.3, -0.25) is 0 Å². The Balaban J connectivity index is 2.36. The summed E-state index contributed by atoms with van der Waals surface area (Å²) in [4.78, 5) is 0. The van der Waals surface area contributed by atoms with E-state index in [1.807, 2.05) is 0 Å². The molecule has 1 atom stereocenters. The summed E-state index contributed by atoms with van der Waals surface area (Å²) in [5.74, 6) is -11.7. The summed E-state index contributed by atoms with van der Waals surface area (Å²) in [6.45, 7) is 2.15. The highest BCUT2D eigenvalue weighted by Gasteiger charge is 2.41. The average Bonchev–Trinajstić information content (AvgIpc) is 2.84. The van der Waals surface area contributed by atoms with E-state index < -0.39 is 46.5 Å². The maximum absolute atomic E-state index is 14.2. The molecule has 0 radical (unpaired) electrons. The van der Waals surface area contributed by atoms with Crippen molar-refractivity contribution in [2.24, 2.45) is 0 Å². The first-order valence-corrected chi connectivity index (χ1v) is 11.0. The van der Waals surface area contributed by atoms with Gasteiger partial charge in [0.15, 0.2) is 23.3 Å². The normalized spacial score (nSPS) is 12.9. The molecule has 2 aromatic carbocycles. The Kier molecular flexibility index (Phi) is 10.3. The minimum atomic E-state index is -2.19. The molecule has 0 saturated carbocycles. The maximum Gasteiger partial charge on any atom is 0.289 e. The predicted molar refractivity (Wildman–Crippen MR) is 116 cm³/mol. The topological polar surface area (TPSA) is 27.7 Å². The molecular formula is C25H31F5O3. The lowest BCUT2D eigenvalue weighted by Crippen LogP contribution is -2.42. The first-order valence-electron chi connectivity index (χ1n) is 11.0. The van der Waals surface area contributed by atoms with Crippen LogP contribution >= 0.6 is 0 Å². The van der Waals surface area contributed by atoms with E-state index >= 15 is 0 Å². The van der Waals surface area contributed by atoms with Gasteiger partial charge in [-0.05, 0) is 17.5 Å². The van der Waals surface area contributed by atoms with Crippen LogP contribution in [0.3, 0.4) is 0 Å². The smallest absolute Gasteiger partial charge is 0.289 e. The van der Waals surface area contributed by atoms with E-state index in [4.69, 9.17) is 14.2 Å². The Morgan fingerprint density at radius 1 is 0.667 bits per heavy atom. The number of unbranched alkanes of at least 4 members (excludes halogenated alkanes) is 5. The number of methoxy groups -OCH3 is 3. The molecule has 184 valence electrons. The van der Waals surface area contributed by atoms with Crippen molar-refractivity contribution in [2.75, 3.05) is 21.3 Å². The largest absolute Gasteiger partial charge is 0.330 e. The fourth-order valence-electron chi connectivity index (χ4n) is 4.09. The van der Waals surface area contributed by atoms with Crippen LogP contribution in [0, 0.1) is 29.1 Å². The third-order valence-electron chi connectivity index (χ3n) is 5.94. The van der Waals surface area contributed by atoms with Crippen LogP contribution in [0.4, 0.5) is 22.0 Å². The molecule has 2 rings (SSSR count). The van der Waals surface area contributed by atoms with Crippen LogP contribution in [0.1, 0.15) is 63.4 Å². The molecule has 0 amide bonds. The van der Waals surface area contributed by atoms with Crippen LogP contribution in [-0.2, 0) is 14.2 Å². The quantitative estimate of drug-likeness (QED) is 0.0991. The Morgan fingerprint density at radius 3 is 1.61 bits per heavy atom. The summed E-state index contributed by atoms with van der Waals surface area (Å²) in [5, 5.41) is 0. The third-order valence-corrected chi connectivity index (χ3v) is 5.94. The van der Waals surface area contributed by atoms with Crippen LogP contribution in [0.5, 0.6) is 0 Å². The number of rotatable bonds is 13. The summed E-state index contributed by atoms with van der Waals surface area (Å²) >= 11 is 0. The lowest BCUT2D eigenvalue weighted by Gasteiger charge is -2.36. The number of hydrogen-bond acceptors (Lipinski definition) is 3. The predicted octanol–water partition coefficient (Wildman–Crippen LogP) is 7.48. The summed E-state index contributed by atoms with van der Waals surface area (Å²) in [6.07, 6.45) is 7.10. The first-order chi connectivity index (χ1) is 15.8. The van der Waals surface area contributed by atoms with Crippen molar-refractivity contribution in [3.05, 3.63) is 58.9 Å². The van der Waals surface area contributed by atoms with Crippen molar-refractivity contribution in [3.63, 3.8) is 0 Å². The van der Waals surface area contributed by atoms with Crippen molar-refractivity contribution < 1.29 is 36.2 Å². The molecule has 0 aliphatic rings. The van der Waals surface area contributed by atoms with Crippen LogP contribution in [0.2, 0.25) is 0 Å². The molecule has 0 fully saturated rings. The Labute approximate surface area is 191 Å². The minimum Gasteiger partial charge on any atom is -0.330 e. The van der Waals surface area contributed by atoms with E-state index in [0.29, 0.717) is 12.0 Å². The van der Waals surface area contributed by atoms with E-state index in [1.54, 1.807) is 12.1 Å².